The molecule has 0 aliphatic rings. The number of nitrogens with zero attached hydrogens (tertiary/aromatic N) is 6. The molecule has 1 aromatic carbocycles. The van der Waals surface area contributed by atoms with Gasteiger partial charge in [0.15, 0.2) is 0 Å². The monoisotopic (exact) mass is 398 g/mol. The van der Waals surface area contributed by atoms with Gasteiger partial charge in [0.1, 0.15) is 5.75 Å². The normalized spacial score (nSPS) is 11.7. The number of rotatable bonds is 5. The molecule has 10 heteroatoms. The number of aromatic nitrogens is 6. The van der Waals surface area contributed by atoms with E-state index in [9.17, 15) is 8.42 Å². The van der Waals surface area contributed by atoms with Crippen LogP contribution in [0.1, 0.15) is 0 Å². The van der Waals surface area contributed by atoms with Gasteiger partial charge in [-0.1, -0.05) is 0 Å². The van der Waals surface area contributed by atoms with Crippen LogP contribution < -0.4 is 4.74 Å². The predicted molar refractivity (Wildman–Crippen MR) is 102 cm³/mol. The average molecular weight is 398 g/mol. The molecule has 3 aromatic heterocycles. The smallest absolute Gasteiger partial charge is 0.283 e. The molecule has 144 valence electrons. The Bertz CT molecular complexity index is 1230. The maximum atomic E-state index is 13.3. The summed E-state index contributed by atoms with van der Waals surface area (Å²) in [6.45, 7) is 0. The zero-order valence-electron chi connectivity index (χ0n) is 15.5. The van der Waals surface area contributed by atoms with Gasteiger partial charge >= 0.3 is 0 Å². The van der Waals surface area contributed by atoms with E-state index in [-0.39, 0.29) is 4.90 Å². The lowest BCUT2D eigenvalue weighted by Crippen LogP contribution is -2.15. The predicted octanol–water partition coefficient (Wildman–Crippen LogP) is 1.93. The van der Waals surface area contributed by atoms with E-state index < -0.39 is 10.0 Å². The summed E-state index contributed by atoms with van der Waals surface area (Å²) in [6.07, 6.45) is 6.76. The molecule has 0 aliphatic heterocycles. The van der Waals surface area contributed by atoms with E-state index in [1.54, 1.807) is 66.4 Å². The molecule has 0 atom stereocenters. The maximum absolute atomic E-state index is 13.3. The first-order valence-electron chi connectivity index (χ1n) is 8.36. The molecule has 0 radical (unpaired) electrons. The molecule has 0 unspecified atom stereocenters. The minimum Gasteiger partial charge on any atom is -0.497 e. The third-order valence-electron chi connectivity index (χ3n) is 4.26. The Kier molecular flexibility index (Phi) is 4.27. The second-order valence-corrected chi connectivity index (χ2v) is 8.01. The number of hydrogen-bond donors (Lipinski definition) is 0. The lowest BCUT2D eigenvalue weighted by Gasteiger charge is -2.08. The van der Waals surface area contributed by atoms with Crippen molar-refractivity contribution in [2.24, 2.45) is 14.1 Å². The summed E-state index contributed by atoms with van der Waals surface area (Å²) in [5.41, 5.74) is 2.28. The summed E-state index contributed by atoms with van der Waals surface area (Å²) in [7, 11) is 1.15. The molecule has 0 spiro atoms. The van der Waals surface area contributed by atoms with Gasteiger partial charge in [0, 0.05) is 37.6 Å². The number of aryl methyl sites for hydroxylation is 2. The Hall–Kier alpha value is -3.40. The van der Waals surface area contributed by atoms with E-state index >= 15 is 0 Å². The second-order valence-electron chi connectivity index (χ2n) is 6.24. The molecule has 4 aromatic rings. The van der Waals surface area contributed by atoms with Crippen molar-refractivity contribution in [3.05, 3.63) is 55.1 Å². The summed E-state index contributed by atoms with van der Waals surface area (Å²) in [5, 5.41) is 12.7. The fraction of sp³-hybridized carbons (Fsp3) is 0.167. The highest BCUT2D eigenvalue weighted by atomic mass is 32.2. The minimum atomic E-state index is -3.93. The van der Waals surface area contributed by atoms with Crippen molar-refractivity contribution in [3.8, 4) is 28.3 Å². The SMILES string of the molecule is COc1ccc(S(=O)(=O)n2nc(-c3cnn(C)c3)cc2-c2cnn(C)c2)cc1. The zero-order chi connectivity index (χ0) is 19.9. The molecule has 28 heavy (non-hydrogen) atoms. The average Bonchev–Trinajstić information content (AvgIpc) is 3.41. The van der Waals surface area contributed by atoms with Crippen LogP contribution in [-0.2, 0) is 24.1 Å². The highest BCUT2D eigenvalue weighted by Crippen LogP contribution is 2.29. The van der Waals surface area contributed by atoms with Crippen molar-refractivity contribution in [1.29, 1.82) is 0 Å². The van der Waals surface area contributed by atoms with Crippen molar-refractivity contribution in [1.82, 2.24) is 28.7 Å². The lowest BCUT2D eigenvalue weighted by molar-refractivity contribution is 0.414. The molecular formula is C18H18N6O3S. The van der Waals surface area contributed by atoms with E-state index in [4.69, 9.17) is 4.74 Å². The topological polar surface area (TPSA) is 96.8 Å². The summed E-state index contributed by atoms with van der Waals surface area (Å²) >= 11 is 0. The van der Waals surface area contributed by atoms with Crippen LogP contribution in [0.3, 0.4) is 0 Å². The zero-order valence-corrected chi connectivity index (χ0v) is 16.3. The molecule has 0 bridgehead atoms. The Labute approximate surface area is 161 Å². The quantitative estimate of drug-likeness (QED) is 0.510. The van der Waals surface area contributed by atoms with Crippen molar-refractivity contribution in [3.63, 3.8) is 0 Å². The summed E-state index contributed by atoms with van der Waals surface area (Å²) < 4.78 is 36.0. The molecule has 9 nitrogen and oxygen atoms in total. The van der Waals surface area contributed by atoms with Gasteiger partial charge < -0.3 is 4.74 Å². The minimum absolute atomic E-state index is 0.110. The molecule has 4 rings (SSSR count). The summed E-state index contributed by atoms with van der Waals surface area (Å²) in [5.74, 6) is 0.572. The van der Waals surface area contributed by atoms with E-state index in [0.29, 0.717) is 22.7 Å². The van der Waals surface area contributed by atoms with E-state index in [1.165, 1.54) is 19.2 Å². The Balaban J connectivity index is 1.89. The molecular weight excluding hydrogens is 380 g/mol. The first-order chi connectivity index (χ1) is 13.4. The van der Waals surface area contributed by atoms with Crippen LogP contribution in [0.15, 0.2) is 60.0 Å². The molecule has 0 saturated heterocycles. The van der Waals surface area contributed by atoms with E-state index in [2.05, 4.69) is 15.3 Å². The maximum Gasteiger partial charge on any atom is 0.283 e. The molecule has 3 heterocycles. The van der Waals surface area contributed by atoms with Crippen LogP contribution in [-0.4, -0.2) is 44.3 Å². The van der Waals surface area contributed by atoms with Gasteiger partial charge in [-0.25, -0.2) is 0 Å². The molecule has 0 N–H and O–H groups in total. The highest BCUT2D eigenvalue weighted by Gasteiger charge is 2.25. The van der Waals surface area contributed by atoms with Crippen LogP contribution in [0.25, 0.3) is 22.5 Å². The molecule has 0 amide bonds. The largest absolute Gasteiger partial charge is 0.497 e. The number of hydrogen-bond acceptors (Lipinski definition) is 6. The number of ether oxygens (including phenoxy) is 1. The fourth-order valence-electron chi connectivity index (χ4n) is 2.84. The third-order valence-corrected chi connectivity index (χ3v) is 5.87. The van der Waals surface area contributed by atoms with Gasteiger partial charge in [-0.05, 0) is 30.3 Å². The van der Waals surface area contributed by atoms with Gasteiger partial charge in [-0.2, -0.15) is 27.8 Å². The van der Waals surface area contributed by atoms with Gasteiger partial charge in [0.2, 0.25) is 0 Å². The summed E-state index contributed by atoms with van der Waals surface area (Å²) in [6, 6.07) is 7.90. The van der Waals surface area contributed by atoms with Gasteiger partial charge in [-0.3, -0.25) is 9.36 Å². The van der Waals surface area contributed by atoms with Crippen molar-refractivity contribution < 1.29 is 13.2 Å². The van der Waals surface area contributed by atoms with Crippen LogP contribution in [0.4, 0.5) is 0 Å². The van der Waals surface area contributed by atoms with Crippen LogP contribution in [0.2, 0.25) is 0 Å². The Morgan fingerprint density at radius 1 is 0.929 bits per heavy atom. The summed E-state index contributed by atoms with van der Waals surface area (Å²) in [4.78, 5) is 0.110. The standard InChI is InChI=1S/C18H18N6O3S/c1-22-11-13(9-19-22)17-8-18(14-10-20-23(2)12-14)24(21-17)28(25,26)16-6-4-15(27-3)5-7-16/h4-12H,1-3H3. The highest BCUT2D eigenvalue weighted by molar-refractivity contribution is 7.90. The third kappa shape index (κ3) is 3.07. The molecule has 0 aliphatic carbocycles. The molecule has 0 saturated carbocycles. The van der Waals surface area contributed by atoms with E-state index in [1.807, 2.05) is 0 Å². The Morgan fingerprint density at radius 2 is 1.54 bits per heavy atom. The first-order valence-corrected chi connectivity index (χ1v) is 9.80. The van der Waals surface area contributed by atoms with Crippen molar-refractivity contribution >= 4 is 10.0 Å². The van der Waals surface area contributed by atoms with E-state index in [0.717, 1.165) is 9.65 Å². The van der Waals surface area contributed by atoms with Crippen LogP contribution in [0, 0.1) is 0 Å². The molecule has 0 fully saturated rings. The Morgan fingerprint density at radius 3 is 2.07 bits per heavy atom. The lowest BCUT2D eigenvalue weighted by atomic mass is 10.2. The van der Waals surface area contributed by atoms with Crippen LogP contribution >= 0.6 is 0 Å². The number of benzene rings is 1. The van der Waals surface area contributed by atoms with Crippen molar-refractivity contribution in [2.75, 3.05) is 7.11 Å². The fourth-order valence-corrected chi connectivity index (χ4v) is 4.13. The second kappa shape index (κ2) is 6.64. The van der Waals surface area contributed by atoms with Gasteiger partial charge in [0.25, 0.3) is 10.0 Å². The van der Waals surface area contributed by atoms with Gasteiger partial charge in [-0.15, -0.1) is 0 Å². The van der Waals surface area contributed by atoms with Crippen molar-refractivity contribution in [2.45, 2.75) is 4.90 Å². The van der Waals surface area contributed by atoms with Crippen LogP contribution in [0.5, 0.6) is 5.75 Å². The van der Waals surface area contributed by atoms with Gasteiger partial charge in [0.05, 0.1) is 35.8 Å². The first kappa shape index (κ1) is 18.0. The number of methoxy groups -OCH3 is 1.